The smallest absolute Gasteiger partial charge is 0.257 e. The number of rotatable bonds is 5. The lowest BCUT2D eigenvalue weighted by atomic mass is 10.1. The number of nitrogens with zero attached hydrogens (tertiary/aromatic N) is 4. The Kier molecular flexibility index (Phi) is 6.84. The van der Waals surface area contributed by atoms with E-state index >= 15 is 0 Å². The van der Waals surface area contributed by atoms with Crippen molar-refractivity contribution >= 4 is 27.7 Å². The summed E-state index contributed by atoms with van der Waals surface area (Å²) in [6, 6.07) is 2.38. The van der Waals surface area contributed by atoms with Crippen LogP contribution in [0.2, 0.25) is 0 Å². The lowest BCUT2D eigenvalue weighted by molar-refractivity contribution is -0.133. The molecule has 3 heterocycles. The molecular formula is C21H23FN6O5S. The van der Waals surface area contributed by atoms with E-state index in [0.29, 0.717) is 19.4 Å². The zero-order valence-corrected chi connectivity index (χ0v) is 18.9. The second kappa shape index (κ2) is 9.81. The standard InChI is InChI=1S/C21H23FN6O5S/c22-15-3-5-16(6-4-15)34(32,33)27-8-9-28(21(31)14-10-23-13-24-11-14)18(12-27)20(30)26-17-2-1-7-25-19(17)29/h3-6,10-11,13,17-18H,1-2,7-9,12H2,(H,25,29)(H,26,30)/t17-,18+/m0/s1. The molecule has 0 unspecified atom stereocenters. The Morgan fingerprint density at radius 2 is 1.82 bits per heavy atom. The lowest BCUT2D eigenvalue weighted by Gasteiger charge is -2.40. The Hall–Kier alpha value is -3.45. The highest BCUT2D eigenvalue weighted by Crippen LogP contribution is 2.22. The molecule has 2 saturated heterocycles. The van der Waals surface area contributed by atoms with E-state index in [-0.39, 0.29) is 36.0 Å². The number of aromatic nitrogens is 2. The Morgan fingerprint density at radius 3 is 2.50 bits per heavy atom. The van der Waals surface area contributed by atoms with E-state index in [1.807, 2.05) is 0 Å². The number of carbonyl (C=O) groups is 3. The van der Waals surface area contributed by atoms with Gasteiger partial charge in [0.05, 0.1) is 10.5 Å². The molecule has 2 N–H and O–H groups in total. The highest BCUT2D eigenvalue weighted by Gasteiger charge is 2.41. The first-order valence-electron chi connectivity index (χ1n) is 10.7. The minimum absolute atomic E-state index is 0.0766. The van der Waals surface area contributed by atoms with Gasteiger partial charge in [0.15, 0.2) is 0 Å². The number of piperidine rings is 1. The van der Waals surface area contributed by atoms with Crippen molar-refractivity contribution < 1.29 is 27.2 Å². The van der Waals surface area contributed by atoms with E-state index in [9.17, 15) is 27.2 Å². The molecule has 0 radical (unpaired) electrons. The monoisotopic (exact) mass is 490 g/mol. The van der Waals surface area contributed by atoms with Gasteiger partial charge in [-0.1, -0.05) is 0 Å². The molecule has 1 aromatic carbocycles. The van der Waals surface area contributed by atoms with Gasteiger partial charge in [-0.05, 0) is 37.1 Å². The van der Waals surface area contributed by atoms with E-state index in [1.165, 1.54) is 23.6 Å². The first-order valence-corrected chi connectivity index (χ1v) is 12.1. The Bertz CT molecular complexity index is 1180. The van der Waals surface area contributed by atoms with Gasteiger partial charge in [0.1, 0.15) is 24.2 Å². The average molecular weight is 491 g/mol. The highest BCUT2D eigenvalue weighted by atomic mass is 32.2. The van der Waals surface area contributed by atoms with Crippen molar-refractivity contribution in [2.45, 2.75) is 29.8 Å². The number of halogens is 1. The third kappa shape index (κ3) is 4.89. The van der Waals surface area contributed by atoms with Gasteiger partial charge in [-0.15, -0.1) is 0 Å². The molecule has 11 nitrogen and oxygen atoms in total. The van der Waals surface area contributed by atoms with Crippen molar-refractivity contribution in [3.05, 3.63) is 54.4 Å². The predicted octanol–water partition coefficient (Wildman–Crippen LogP) is -0.474. The molecule has 2 fully saturated rings. The van der Waals surface area contributed by atoms with Gasteiger partial charge < -0.3 is 15.5 Å². The Labute approximate surface area is 195 Å². The second-order valence-electron chi connectivity index (χ2n) is 7.95. The quantitative estimate of drug-likeness (QED) is 0.577. The van der Waals surface area contributed by atoms with E-state index in [1.54, 1.807) is 0 Å². The summed E-state index contributed by atoms with van der Waals surface area (Å²) >= 11 is 0. The van der Waals surface area contributed by atoms with Crippen LogP contribution >= 0.6 is 0 Å². The number of nitrogens with one attached hydrogen (secondary N) is 2. The lowest BCUT2D eigenvalue weighted by Crippen LogP contribution is -2.63. The molecule has 1 aromatic heterocycles. The van der Waals surface area contributed by atoms with Crippen molar-refractivity contribution in [1.29, 1.82) is 0 Å². The normalized spacial score (nSPS) is 21.6. The molecule has 0 bridgehead atoms. The fraction of sp³-hybridized carbons (Fsp3) is 0.381. The van der Waals surface area contributed by atoms with Crippen LogP contribution in [-0.4, -0.2) is 83.6 Å². The molecule has 2 aromatic rings. The molecular weight excluding hydrogens is 467 g/mol. The van der Waals surface area contributed by atoms with E-state index in [4.69, 9.17) is 0 Å². The van der Waals surface area contributed by atoms with Gasteiger partial charge in [-0.3, -0.25) is 14.4 Å². The van der Waals surface area contributed by atoms with Crippen molar-refractivity contribution in [3.63, 3.8) is 0 Å². The zero-order valence-electron chi connectivity index (χ0n) is 18.1. The van der Waals surface area contributed by atoms with Gasteiger partial charge in [0.25, 0.3) is 5.91 Å². The number of piperazine rings is 1. The second-order valence-corrected chi connectivity index (χ2v) is 9.89. The molecule has 3 amide bonds. The van der Waals surface area contributed by atoms with Gasteiger partial charge >= 0.3 is 0 Å². The first-order chi connectivity index (χ1) is 16.3. The number of carbonyl (C=O) groups excluding carboxylic acids is 3. The maximum Gasteiger partial charge on any atom is 0.257 e. The van der Waals surface area contributed by atoms with Crippen LogP contribution in [0.5, 0.6) is 0 Å². The number of sulfonamides is 1. The van der Waals surface area contributed by atoms with E-state index in [0.717, 1.165) is 28.6 Å². The largest absolute Gasteiger partial charge is 0.354 e. The Balaban J connectivity index is 1.60. The van der Waals surface area contributed by atoms with Gasteiger partial charge in [0.2, 0.25) is 21.8 Å². The van der Waals surface area contributed by atoms with Crippen LogP contribution in [0, 0.1) is 5.82 Å². The SMILES string of the molecule is O=C1NCCC[C@@H]1NC(=O)[C@H]1CN(S(=O)(=O)c2ccc(F)cc2)CCN1C(=O)c1cncnc1. The molecule has 4 rings (SSSR count). The average Bonchev–Trinajstić information content (AvgIpc) is 2.85. The van der Waals surface area contributed by atoms with Crippen LogP contribution in [0.4, 0.5) is 4.39 Å². The number of amides is 3. The van der Waals surface area contributed by atoms with Crippen molar-refractivity contribution in [3.8, 4) is 0 Å². The van der Waals surface area contributed by atoms with Gasteiger partial charge in [0, 0.05) is 38.6 Å². The van der Waals surface area contributed by atoms with Crippen molar-refractivity contribution in [2.24, 2.45) is 0 Å². The number of benzene rings is 1. The molecule has 0 saturated carbocycles. The minimum atomic E-state index is -4.06. The van der Waals surface area contributed by atoms with Crippen molar-refractivity contribution in [1.82, 2.24) is 29.8 Å². The molecule has 34 heavy (non-hydrogen) atoms. The fourth-order valence-corrected chi connectivity index (χ4v) is 5.39. The predicted molar refractivity (Wildman–Crippen MR) is 116 cm³/mol. The third-order valence-electron chi connectivity index (χ3n) is 5.77. The summed E-state index contributed by atoms with van der Waals surface area (Å²) in [5.74, 6) is -2.10. The van der Waals surface area contributed by atoms with Crippen LogP contribution in [0.25, 0.3) is 0 Å². The molecule has 13 heteroatoms. The highest BCUT2D eigenvalue weighted by molar-refractivity contribution is 7.89. The Morgan fingerprint density at radius 1 is 1.12 bits per heavy atom. The van der Waals surface area contributed by atoms with Crippen LogP contribution in [-0.2, 0) is 19.6 Å². The topological polar surface area (TPSA) is 142 Å². The summed E-state index contributed by atoms with van der Waals surface area (Å²) in [7, 11) is -4.06. The van der Waals surface area contributed by atoms with Crippen LogP contribution < -0.4 is 10.6 Å². The van der Waals surface area contributed by atoms with E-state index in [2.05, 4.69) is 20.6 Å². The number of hydrogen-bond donors (Lipinski definition) is 2. The van der Waals surface area contributed by atoms with Crippen LogP contribution in [0.1, 0.15) is 23.2 Å². The van der Waals surface area contributed by atoms with Gasteiger partial charge in [-0.2, -0.15) is 4.31 Å². The molecule has 2 aliphatic rings. The zero-order chi connectivity index (χ0) is 24.3. The summed E-state index contributed by atoms with van der Waals surface area (Å²) in [6.07, 6.45) is 4.98. The maximum atomic E-state index is 13.3. The molecule has 0 spiro atoms. The molecule has 0 aliphatic carbocycles. The van der Waals surface area contributed by atoms with Crippen molar-refractivity contribution in [2.75, 3.05) is 26.2 Å². The summed E-state index contributed by atoms with van der Waals surface area (Å²) < 4.78 is 40.7. The molecule has 2 atom stereocenters. The molecule has 2 aliphatic heterocycles. The van der Waals surface area contributed by atoms with Crippen LogP contribution in [0.15, 0.2) is 47.9 Å². The minimum Gasteiger partial charge on any atom is -0.354 e. The first kappa shape index (κ1) is 23.7. The molecule has 180 valence electrons. The fourth-order valence-electron chi connectivity index (χ4n) is 3.95. The number of hydrogen-bond acceptors (Lipinski definition) is 7. The summed E-state index contributed by atoms with van der Waals surface area (Å²) in [5.41, 5.74) is 0.144. The third-order valence-corrected chi connectivity index (χ3v) is 7.65. The summed E-state index contributed by atoms with van der Waals surface area (Å²) in [4.78, 5) is 47.2. The summed E-state index contributed by atoms with van der Waals surface area (Å²) in [5, 5.41) is 5.32. The summed E-state index contributed by atoms with van der Waals surface area (Å²) in [6.45, 7) is 0.0200. The maximum absolute atomic E-state index is 13.3. The van der Waals surface area contributed by atoms with E-state index < -0.39 is 39.7 Å². The van der Waals surface area contributed by atoms with Gasteiger partial charge in [-0.25, -0.2) is 22.8 Å². The van der Waals surface area contributed by atoms with Crippen LogP contribution in [0.3, 0.4) is 0 Å².